The Kier molecular flexibility index (Phi) is 7.72. The van der Waals surface area contributed by atoms with Crippen LogP contribution in [0.5, 0.6) is 0 Å². The molecule has 0 nitrogen and oxygen atoms in total. The van der Waals surface area contributed by atoms with Crippen LogP contribution < -0.4 is 0 Å². The largest absolute Gasteiger partial charge is 0.0622 e. The van der Waals surface area contributed by atoms with Crippen LogP contribution in [0.15, 0.2) is 176 Å². The van der Waals surface area contributed by atoms with Gasteiger partial charge in [-0.2, -0.15) is 0 Å². The molecule has 0 heteroatoms. The van der Waals surface area contributed by atoms with E-state index in [0.29, 0.717) is 0 Å². The Bertz CT molecular complexity index is 1870. The molecule has 0 radical (unpaired) electrons. The van der Waals surface area contributed by atoms with E-state index < -0.39 is 0 Å². The van der Waals surface area contributed by atoms with E-state index in [9.17, 15) is 0 Å². The van der Waals surface area contributed by atoms with E-state index in [4.69, 9.17) is 0 Å². The Morgan fingerprint density at radius 1 is 0.250 bits per heavy atom. The molecule has 0 unspecified atom stereocenters. The van der Waals surface area contributed by atoms with Gasteiger partial charge in [-0.25, -0.2) is 0 Å². The summed E-state index contributed by atoms with van der Waals surface area (Å²) in [7, 11) is 0. The van der Waals surface area contributed by atoms with Crippen LogP contribution >= 0.6 is 0 Å². The van der Waals surface area contributed by atoms with Gasteiger partial charge in [0.1, 0.15) is 0 Å². The maximum atomic E-state index is 2.32. The van der Waals surface area contributed by atoms with E-state index >= 15 is 0 Å². The van der Waals surface area contributed by atoms with Crippen molar-refractivity contribution in [3.63, 3.8) is 0 Å². The van der Waals surface area contributed by atoms with Gasteiger partial charge >= 0.3 is 0 Å². The van der Waals surface area contributed by atoms with Gasteiger partial charge < -0.3 is 0 Å². The van der Waals surface area contributed by atoms with Crippen molar-refractivity contribution in [3.8, 4) is 66.8 Å². The zero-order valence-corrected chi connectivity index (χ0v) is 25.0. The molecule has 0 atom stereocenters. The molecule has 210 valence electrons. The van der Waals surface area contributed by atoms with Gasteiger partial charge in [-0.05, 0) is 78.7 Å². The van der Waals surface area contributed by atoms with Crippen LogP contribution in [0.3, 0.4) is 0 Å². The first kappa shape index (κ1) is 27.4. The minimum absolute atomic E-state index is 1.01. The monoisotopic (exact) mass is 562 g/mol. The molecule has 44 heavy (non-hydrogen) atoms. The third kappa shape index (κ3) is 5.16. The average Bonchev–Trinajstić information content (AvgIpc) is 3.12. The molecule has 0 spiro atoms. The maximum absolute atomic E-state index is 2.32. The van der Waals surface area contributed by atoms with E-state index in [-0.39, 0.29) is 0 Å². The highest BCUT2D eigenvalue weighted by atomic mass is 14.3. The summed E-state index contributed by atoms with van der Waals surface area (Å²) < 4.78 is 0. The van der Waals surface area contributed by atoms with Crippen LogP contribution in [0.1, 0.15) is 12.5 Å². The molecule has 0 heterocycles. The van der Waals surface area contributed by atoms with Crippen molar-refractivity contribution in [2.45, 2.75) is 13.3 Å². The van der Waals surface area contributed by atoms with E-state index in [2.05, 4.69) is 183 Å². The fourth-order valence-corrected chi connectivity index (χ4v) is 6.41. The fourth-order valence-electron chi connectivity index (χ4n) is 6.41. The Hall–Kier alpha value is -5.46. The van der Waals surface area contributed by atoms with Crippen molar-refractivity contribution in [3.05, 3.63) is 181 Å². The second-order valence-electron chi connectivity index (χ2n) is 11.1. The van der Waals surface area contributed by atoms with E-state index in [0.717, 1.165) is 6.42 Å². The third-order valence-corrected chi connectivity index (χ3v) is 8.46. The van der Waals surface area contributed by atoms with Gasteiger partial charge in [0.2, 0.25) is 0 Å². The summed E-state index contributed by atoms with van der Waals surface area (Å²) in [6.45, 7) is 2.22. The normalized spacial score (nSPS) is 10.9. The molecule has 0 saturated carbocycles. The summed E-state index contributed by atoms with van der Waals surface area (Å²) >= 11 is 0. The molecular formula is C44H34. The molecule has 7 aromatic rings. The van der Waals surface area contributed by atoms with Crippen molar-refractivity contribution in [2.24, 2.45) is 0 Å². The minimum Gasteiger partial charge on any atom is -0.0622 e. The molecule has 0 aliphatic heterocycles. The molecule has 0 bridgehead atoms. The summed E-state index contributed by atoms with van der Waals surface area (Å²) in [5.41, 5.74) is 16.1. The molecule has 0 N–H and O–H groups in total. The quantitative estimate of drug-likeness (QED) is 0.181. The molecule has 7 rings (SSSR count). The number of hydrogen-bond acceptors (Lipinski definition) is 0. The van der Waals surface area contributed by atoms with Gasteiger partial charge in [0.05, 0.1) is 0 Å². The summed E-state index contributed by atoms with van der Waals surface area (Å²) in [5, 5.41) is 0. The zero-order chi connectivity index (χ0) is 29.7. The van der Waals surface area contributed by atoms with Gasteiger partial charge in [-0.15, -0.1) is 0 Å². The summed E-state index contributed by atoms with van der Waals surface area (Å²) in [4.78, 5) is 0. The predicted molar refractivity (Wildman–Crippen MR) is 188 cm³/mol. The zero-order valence-electron chi connectivity index (χ0n) is 25.0. The number of benzene rings is 7. The maximum Gasteiger partial charge on any atom is -0.00139 e. The number of rotatable bonds is 7. The first-order chi connectivity index (χ1) is 21.8. The van der Waals surface area contributed by atoms with Gasteiger partial charge in [-0.1, -0.05) is 183 Å². The van der Waals surface area contributed by atoms with Gasteiger partial charge in [0, 0.05) is 0 Å². The number of hydrogen-bond donors (Lipinski definition) is 0. The lowest BCUT2D eigenvalue weighted by molar-refractivity contribution is 1.14. The highest BCUT2D eigenvalue weighted by Crippen LogP contribution is 2.55. The Balaban J connectivity index is 1.79. The molecule has 0 aliphatic carbocycles. The van der Waals surface area contributed by atoms with Crippen molar-refractivity contribution in [1.82, 2.24) is 0 Å². The average molecular weight is 563 g/mol. The third-order valence-electron chi connectivity index (χ3n) is 8.46. The van der Waals surface area contributed by atoms with Crippen LogP contribution in [0.2, 0.25) is 0 Å². The van der Waals surface area contributed by atoms with Gasteiger partial charge in [0.25, 0.3) is 0 Å². The Labute approximate surface area is 261 Å². The smallest absolute Gasteiger partial charge is 0.00139 e. The van der Waals surface area contributed by atoms with Crippen LogP contribution in [0.25, 0.3) is 66.8 Å². The first-order valence-electron chi connectivity index (χ1n) is 15.4. The highest BCUT2D eigenvalue weighted by Gasteiger charge is 2.28. The van der Waals surface area contributed by atoms with Crippen LogP contribution in [0.4, 0.5) is 0 Å². The molecular weight excluding hydrogens is 528 g/mol. The molecule has 7 aromatic carbocycles. The summed E-state index contributed by atoms with van der Waals surface area (Å²) in [6, 6.07) is 63.9. The molecule has 0 aliphatic rings. The van der Waals surface area contributed by atoms with Crippen molar-refractivity contribution in [1.29, 1.82) is 0 Å². The standard InChI is InChI=1S/C44H34/c1-2-32-28-30-38(31-29-32)44-42(36-24-14-6-15-25-36)40(34-20-10-4-11-21-34)39(33-18-8-3-9-19-33)41(35-22-12-5-13-23-35)43(44)37-26-16-7-17-27-37/h3-31H,2H2,1H3. The molecule has 0 saturated heterocycles. The molecule has 0 fully saturated rings. The fraction of sp³-hybridized carbons (Fsp3) is 0.0455. The summed E-state index contributed by atoms with van der Waals surface area (Å²) in [5.74, 6) is 0. The SMILES string of the molecule is CCc1ccc(-c2c(-c3ccccc3)c(-c3ccccc3)c(-c3ccccc3)c(-c3ccccc3)c2-c2ccccc2)cc1. The lowest BCUT2D eigenvalue weighted by Crippen LogP contribution is -2.02. The lowest BCUT2D eigenvalue weighted by atomic mass is 9.74. The highest BCUT2D eigenvalue weighted by molar-refractivity contribution is 6.15. The van der Waals surface area contributed by atoms with Gasteiger partial charge in [0.15, 0.2) is 0 Å². The molecule has 0 amide bonds. The Morgan fingerprint density at radius 2 is 0.455 bits per heavy atom. The predicted octanol–water partition coefficient (Wildman–Crippen LogP) is 12.3. The minimum atomic E-state index is 1.01. The van der Waals surface area contributed by atoms with Gasteiger partial charge in [-0.3, -0.25) is 0 Å². The van der Waals surface area contributed by atoms with Crippen LogP contribution in [-0.2, 0) is 6.42 Å². The van der Waals surface area contributed by atoms with Crippen molar-refractivity contribution < 1.29 is 0 Å². The lowest BCUT2D eigenvalue weighted by Gasteiger charge is -2.28. The molecule has 0 aromatic heterocycles. The van der Waals surface area contributed by atoms with E-state index in [1.807, 2.05) is 0 Å². The van der Waals surface area contributed by atoms with E-state index in [1.54, 1.807) is 0 Å². The van der Waals surface area contributed by atoms with Crippen molar-refractivity contribution >= 4 is 0 Å². The van der Waals surface area contributed by atoms with E-state index in [1.165, 1.54) is 72.3 Å². The van der Waals surface area contributed by atoms with Crippen molar-refractivity contribution in [2.75, 3.05) is 0 Å². The first-order valence-corrected chi connectivity index (χ1v) is 15.4. The van der Waals surface area contributed by atoms with Crippen LogP contribution in [-0.4, -0.2) is 0 Å². The topological polar surface area (TPSA) is 0 Å². The summed E-state index contributed by atoms with van der Waals surface area (Å²) in [6.07, 6.45) is 1.01. The second-order valence-corrected chi connectivity index (χ2v) is 11.1. The van der Waals surface area contributed by atoms with Crippen LogP contribution in [0, 0.1) is 0 Å². The Morgan fingerprint density at radius 3 is 0.659 bits per heavy atom. The number of aryl methyl sites for hydroxylation is 1. The second kappa shape index (κ2) is 12.4.